The van der Waals surface area contributed by atoms with Crippen molar-refractivity contribution in [3.63, 3.8) is 0 Å². The molecule has 1 aromatic heterocycles. The number of halogens is 2. The predicted octanol–water partition coefficient (Wildman–Crippen LogP) is 6.12. The lowest BCUT2D eigenvalue weighted by Gasteiger charge is -2.15. The maximum atomic E-state index is 13.5. The topological polar surface area (TPSA) is 96.2 Å². The van der Waals surface area contributed by atoms with Crippen LogP contribution < -0.4 is 29.7 Å². The van der Waals surface area contributed by atoms with Crippen LogP contribution in [0.15, 0.2) is 57.7 Å². The van der Waals surface area contributed by atoms with E-state index in [4.69, 9.17) is 46.6 Å². The standard InChI is InChI=1S/C27H23Cl2NO7/c1-14-9-22-17(12-18(14)29)25(32)27(26(37-22)15-5-7-21(34-3)23(10-15)35-4)36-13-24(31)30-19-11-16(28)6-8-20(19)33-2/h5-12H,13H2,1-4H3,(H,30,31). The van der Waals surface area contributed by atoms with E-state index in [1.165, 1.54) is 27.4 Å². The Kier molecular flexibility index (Phi) is 7.80. The van der Waals surface area contributed by atoms with Gasteiger partial charge in [-0.15, -0.1) is 0 Å². The van der Waals surface area contributed by atoms with Crippen LogP contribution in [-0.4, -0.2) is 33.8 Å². The number of nitrogens with one attached hydrogen (secondary N) is 1. The molecule has 10 heteroatoms. The van der Waals surface area contributed by atoms with Gasteiger partial charge in [0, 0.05) is 15.6 Å². The Balaban J connectivity index is 1.76. The van der Waals surface area contributed by atoms with Crippen molar-refractivity contribution in [2.75, 3.05) is 33.3 Å². The number of ether oxygens (including phenoxy) is 4. The minimum Gasteiger partial charge on any atom is -0.495 e. The fourth-order valence-electron chi connectivity index (χ4n) is 3.70. The molecule has 37 heavy (non-hydrogen) atoms. The monoisotopic (exact) mass is 543 g/mol. The maximum Gasteiger partial charge on any atom is 0.262 e. The van der Waals surface area contributed by atoms with Crippen molar-refractivity contribution in [2.24, 2.45) is 0 Å². The van der Waals surface area contributed by atoms with Crippen LogP contribution in [0.4, 0.5) is 5.69 Å². The quantitative estimate of drug-likeness (QED) is 0.286. The number of anilines is 1. The summed E-state index contributed by atoms with van der Waals surface area (Å²) in [6.45, 7) is 1.31. The molecule has 4 rings (SSSR count). The van der Waals surface area contributed by atoms with E-state index in [2.05, 4.69) is 5.32 Å². The Morgan fingerprint density at radius 1 is 0.919 bits per heavy atom. The van der Waals surface area contributed by atoms with E-state index in [9.17, 15) is 9.59 Å². The van der Waals surface area contributed by atoms with Crippen molar-refractivity contribution in [3.05, 3.63) is 74.4 Å². The number of rotatable bonds is 8. The van der Waals surface area contributed by atoms with E-state index in [0.29, 0.717) is 44.1 Å². The van der Waals surface area contributed by atoms with Gasteiger partial charge >= 0.3 is 0 Å². The largest absolute Gasteiger partial charge is 0.495 e. The van der Waals surface area contributed by atoms with E-state index in [0.717, 1.165) is 5.56 Å². The molecule has 0 saturated carbocycles. The highest BCUT2D eigenvalue weighted by atomic mass is 35.5. The first-order valence-corrected chi connectivity index (χ1v) is 11.8. The Hall–Kier alpha value is -3.88. The van der Waals surface area contributed by atoms with Crippen LogP contribution in [0.25, 0.3) is 22.3 Å². The predicted molar refractivity (Wildman–Crippen MR) is 143 cm³/mol. The highest BCUT2D eigenvalue weighted by Crippen LogP contribution is 2.37. The molecule has 0 radical (unpaired) electrons. The zero-order valence-corrected chi connectivity index (χ0v) is 22.0. The molecule has 3 aromatic carbocycles. The zero-order chi connectivity index (χ0) is 26.7. The van der Waals surface area contributed by atoms with E-state index in [-0.39, 0.29) is 16.9 Å². The average molecular weight is 544 g/mol. The zero-order valence-electron chi connectivity index (χ0n) is 20.4. The normalized spacial score (nSPS) is 10.8. The van der Waals surface area contributed by atoms with Crippen LogP contribution in [0, 0.1) is 6.92 Å². The van der Waals surface area contributed by atoms with Crippen LogP contribution in [0.3, 0.4) is 0 Å². The first-order chi connectivity index (χ1) is 17.7. The summed E-state index contributed by atoms with van der Waals surface area (Å²) in [6, 6.07) is 13.0. The van der Waals surface area contributed by atoms with Crippen LogP contribution in [0.5, 0.6) is 23.0 Å². The van der Waals surface area contributed by atoms with Gasteiger partial charge in [-0.25, -0.2) is 0 Å². The van der Waals surface area contributed by atoms with Gasteiger partial charge in [0.25, 0.3) is 5.91 Å². The first-order valence-electron chi connectivity index (χ1n) is 11.0. The Labute approximate surface area is 222 Å². The SMILES string of the molecule is COc1ccc(Cl)cc1NC(=O)COc1c(-c2ccc(OC)c(OC)c2)oc2cc(C)c(Cl)cc2c1=O. The third-order valence-electron chi connectivity index (χ3n) is 5.56. The van der Waals surface area contributed by atoms with Gasteiger partial charge in [0.05, 0.1) is 32.4 Å². The van der Waals surface area contributed by atoms with Crippen molar-refractivity contribution in [2.45, 2.75) is 6.92 Å². The summed E-state index contributed by atoms with van der Waals surface area (Å²) in [6.07, 6.45) is 0. The van der Waals surface area contributed by atoms with Crippen LogP contribution in [-0.2, 0) is 4.79 Å². The molecule has 4 aromatic rings. The summed E-state index contributed by atoms with van der Waals surface area (Å²) >= 11 is 12.3. The molecule has 0 aliphatic heterocycles. The fourth-order valence-corrected chi connectivity index (χ4v) is 4.03. The van der Waals surface area contributed by atoms with E-state index >= 15 is 0 Å². The number of hydrogen-bond acceptors (Lipinski definition) is 7. The molecule has 8 nitrogen and oxygen atoms in total. The molecule has 0 saturated heterocycles. The van der Waals surface area contributed by atoms with Gasteiger partial charge in [-0.05, 0) is 61.0 Å². The third-order valence-corrected chi connectivity index (χ3v) is 6.20. The Morgan fingerprint density at radius 3 is 2.32 bits per heavy atom. The molecule has 0 spiro atoms. The lowest BCUT2D eigenvalue weighted by Crippen LogP contribution is -2.23. The van der Waals surface area contributed by atoms with Gasteiger partial charge in [0.2, 0.25) is 11.2 Å². The number of carbonyl (C=O) groups is 1. The number of fused-ring (bicyclic) bond motifs is 1. The Bertz CT molecular complexity index is 1550. The molecule has 1 N–H and O–H groups in total. The molecule has 192 valence electrons. The third kappa shape index (κ3) is 5.45. The summed E-state index contributed by atoms with van der Waals surface area (Å²) < 4.78 is 27.8. The number of hydrogen-bond donors (Lipinski definition) is 1. The minimum atomic E-state index is -0.541. The molecule has 0 fully saturated rings. The summed E-state index contributed by atoms with van der Waals surface area (Å²) in [5.74, 6) is 0.751. The highest BCUT2D eigenvalue weighted by molar-refractivity contribution is 6.32. The lowest BCUT2D eigenvalue weighted by atomic mass is 10.1. The lowest BCUT2D eigenvalue weighted by molar-refractivity contribution is -0.118. The second-order valence-corrected chi connectivity index (χ2v) is 8.78. The molecule has 0 unspecified atom stereocenters. The maximum absolute atomic E-state index is 13.5. The van der Waals surface area contributed by atoms with Crippen molar-refractivity contribution < 1.29 is 28.2 Å². The summed E-state index contributed by atoms with van der Waals surface area (Å²) in [5, 5.41) is 3.70. The van der Waals surface area contributed by atoms with Gasteiger partial charge in [0.15, 0.2) is 23.9 Å². The number of aryl methyl sites for hydroxylation is 1. The van der Waals surface area contributed by atoms with Crippen molar-refractivity contribution in [1.29, 1.82) is 0 Å². The van der Waals surface area contributed by atoms with Gasteiger partial charge in [-0.3, -0.25) is 9.59 Å². The number of carbonyl (C=O) groups excluding carboxylic acids is 1. The van der Waals surface area contributed by atoms with Crippen molar-refractivity contribution >= 4 is 45.8 Å². The van der Waals surface area contributed by atoms with Gasteiger partial charge in [0.1, 0.15) is 11.3 Å². The molecule has 1 amide bonds. The van der Waals surface area contributed by atoms with E-state index < -0.39 is 17.9 Å². The molecular formula is C27H23Cl2NO7. The number of benzene rings is 3. The molecule has 0 aliphatic rings. The van der Waals surface area contributed by atoms with Gasteiger partial charge in [-0.2, -0.15) is 0 Å². The molecule has 1 heterocycles. The minimum absolute atomic E-state index is 0.119. The number of methoxy groups -OCH3 is 3. The smallest absolute Gasteiger partial charge is 0.262 e. The van der Waals surface area contributed by atoms with Crippen LogP contribution in [0.2, 0.25) is 10.0 Å². The summed E-state index contributed by atoms with van der Waals surface area (Å²) in [7, 11) is 4.48. The van der Waals surface area contributed by atoms with Crippen LogP contribution >= 0.6 is 23.2 Å². The van der Waals surface area contributed by atoms with Crippen molar-refractivity contribution in [3.8, 4) is 34.3 Å². The molecule has 0 aliphatic carbocycles. The molecule has 0 atom stereocenters. The second-order valence-electron chi connectivity index (χ2n) is 7.94. The second kappa shape index (κ2) is 11.0. The van der Waals surface area contributed by atoms with Crippen LogP contribution in [0.1, 0.15) is 5.56 Å². The van der Waals surface area contributed by atoms with Gasteiger partial charge < -0.3 is 28.7 Å². The van der Waals surface area contributed by atoms with Gasteiger partial charge in [-0.1, -0.05) is 23.2 Å². The molecular weight excluding hydrogens is 521 g/mol. The number of amides is 1. The Morgan fingerprint density at radius 2 is 1.62 bits per heavy atom. The van der Waals surface area contributed by atoms with Crippen molar-refractivity contribution in [1.82, 2.24) is 0 Å². The molecule has 0 bridgehead atoms. The first kappa shape index (κ1) is 26.2. The highest BCUT2D eigenvalue weighted by Gasteiger charge is 2.21. The average Bonchev–Trinajstić information content (AvgIpc) is 2.89. The van der Waals surface area contributed by atoms with E-state index in [1.807, 2.05) is 0 Å². The van der Waals surface area contributed by atoms with E-state index in [1.54, 1.807) is 49.4 Å². The summed E-state index contributed by atoms with van der Waals surface area (Å²) in [5.41, 5.74) is 1.41. The fraction of sp³-hybridized carbons (Fsp3) is 0.185. The summed E-state index contributed by atoms with van der Waals surface area (Å²) in [4.78, 5) is 26.3.